The van der Waals surface area contributed by atoms with E-state index in [-0.39, 0.29) is 5.92 Å². The van der Waals surface area contributed by atoms with Gasteiger partial charge in [-0.25, -0.2) is 0 Å². The van der Waals surface area contributed by atoms with Crippen LogP contribution < -0.4 is 0 Å². The van der Waals surface area contributed by atoms with E-state index in [1.54, 1.807) is 0 Å². The summed E-state index contributed by atoms with van der Waals surface area (Å²) >= 11 is 0. The van der Waals surface area contributed by atoms with Gasteiger partial charge in [0.1, 0.15) is 0 Å². The van der Waals surface area contributed by atoms with Crippen LogP contribution in [0.5, 0.6) is 0 Å². The number of rotatable bonds is 4. The van der Waals surface area contributed by atoms with Gasteiger partial charge < -0.3 is 0 Å². The highest BCUT2D eigenvalue weighted by Gasteiger charge is 2.06. The lowest BCUT2D eigenvalue weighted by molar-refractivity contribution is 0.733. The van der Waals surface area contributed by atoms with Gasteiger partial charge in [-0.05, 0) is 30.4 Å². The van der Waals surface area contributed by atoms with E-state index in [0.29, 0.717) is 0 Å². The molecule has 0 nitrogen and oxygen atoms in total. The highest BCUT2D eigenvalue weighted by Crippen LogP contribution is 2.20. The molecule has 0 aliphatic heterocycles. The van der Waals surface area contributed by atoms with Crippen LogP contribution in [-0.4, -0.2) is 0 Å². The second-order valence-corrected chi connectivity index (χ2v) is 3.58. The van der Waals surface area contributed by atoms with Crippen molar-refractivity contribution in [2.24, 2.45) is 0 Å². The Labute approximate surface area is 87.4 Å². The molecule has 1 atom stereocenters. The second-order valence-electron chi connectivity index (χ2n) is 3.58. The Balaban J connectivity index is 2.79. The molecular weight excluding hydrogens is 168 g/mol. The molecule has 0 amide bonds. The summed E-state index contributed by atoms with van der Waals surface area (Å²) < 4.78 is 0. The third kappa shape index (κ3) is 2.64. The number of aryl methyl sites for hydroxylation is 1. The van der Waals surface area contributed by atoms with Gasteiger partial charge in [0.25, 0.3) is 0 Å². The minimum absolute atomic E-state index is 0.186. The van der Waals surface area contributed by atoms with Gasteiger partial charge in [-0.3, -0.25) is 0 Å². The molecule has 0 saturated carbocycles. The number of hydrogen-bond acceptors (Lipinski definition) is 0. The van der Waals surface area contributed by atoms with Gasteiger partial charge in [0.15, 0.2) is 0 Å². The second kappa shape index (κ2) is 5.50. The molecule has 1 radical (unpaired) electrons. The topological polar surface area (TPSA) is 0 Å². The zero-order chi connectivity index (χ0) is 10.4. The van der Waals surface area contributed by atoms with E-state index in [4.69, 9.17) is 6.42 Å². The van der Waals surface area contributed by atoms with E-state index in [0.717, 1.165) is 19.3 Å². The lowest BCUT2D eigenvalue weighted by atomic mass is 9.94. The molecule has 0 heteroatoms. The normalized spacial score (nSPS) is 12.1. The van der Waals surface area contributed by atoms with Crippen molar-refractivity contribution in [2.45, 2.75) is 39.0 Å². The van der Waals surface area contributed by atoms with E-state index in [1.807, 2.05) is 0 Å². The average Bonchev–Trinajstić information content (AvgIpc) is 2.26. The van der Waals surface area contributed by atoms with Crippen molar-refractivity contribution in [2.75, 3.05) is 0 Å². The van der Waals surface area contributed by atoms with Crippen LogP contribution in [0.4, 0.5) is 0 Å². The van der Waals surface area contributed by atoms with Crippen LogP contribution in [0.15, 0.2) is 24.3 Å². The minimum atomic E-state index is 0.186. The van der Waals surface area contributed by atoms with Crippen LogP contribution in [0.25, 0.3) is 0 Å². The van der Waals surface area contributed by atoms with E-state index in [2.05, 4.69) is 44.0 Å². The molecule has 1 aromatic carbocycles. The summed E-state index contributed by atoms with van der Waals surface area (Å²) in [7, 11) is 0. The van der Waals surface area contributed by atoms with E-state index in [1.165, 1.54) is 11.1 Å². The third-order valence-corrected chi connectivity index (χ3v) is 2.54. The van der Waals surface area contributed by atoms with Gasteiger partial charge in [0.05, 0.1) is 0 Å². The van der Waals surface area contributed by atoms with E-state index in [9.17, 15) is 0 Å². The lowest BCUT2D eigenvalue weighted by Gasteiger charge is -2.09. The maximum atomic E-state index is 7.25. The number of benzene rings is 1. The van der Waals surface area contributed by atoms with Crippen molar-refractivity contribution in [1.29, 1.82) is 0 Å². The average molecular weight is 185 g/mol. The van der Waals surface area contributed by atoms with Crippen LogP contribution in [0, 0.1) is 12.3 Å². The van der Waals surface area contributed by atoms with Gasteiger partial charge in [0.2, 0.25) is 0 Å². The minimum Gasteiger partial charge on any atom is -0.0809 e. The van der Waals surface area contributed by atoms with Gasteiger partial charge in [-0.15, -0.1) is 0 Å². The Kier molecular flexibility index (Phi) is 4.26. The molecule has 73 valence electrons. The smallest absolute Gasteiger partial charge is 0.0462 e. The molecule has 0 N–H and O–H groups in total. The SMILES string of the molecule is [C]#CC(CCC)c1ccc(CC)cc1. The Morgan fingerprint density at radius 3 is 2.29 bits per heavy atom. The summed E-state index contributed by atoms with van der Waals surface area (Å²) in [6.45, 7) is 4.30. The van der Waals surface area contributed by atoms with Crippen molar-refractivity contribution in [1.82, 2.24) is 0 Å². The predicted molar refractivity (Wildman–Crippen MR) is 60.6 cm³/mol. The summed E-state index contributed by atoms with van der Waals surface area (Å²) in [4.78, 5) is 0. The fraction of sp³-hybridized carbons (Fsp3) is 0.429. The molecular formula is C14H17. The molecule has 0 heterocycles. The van der Waals surface area contributed by atoms with Crippen molar-refractivity contribution in [3.05, 3.63) is 41.8 Å². The molecule has 0 aliphatic rings. The first kappa shape index (κ1) is 10.9. The standard InChI is InChI=1S/C14H17/c1-4-7-13(6-3)14-10-8-12(5-2)9-11-14/h8-11,13H,4-5,7H2,1-2H3. The maximum Gasteiger partial charge on any atom is 0.0462 e. The summed E-state index contributed by atoms with van der Waals surface area (Å²) in [6, 6.07) is 8.55. The van der Waals surface area contributed by atoms with E-state index < -0.39 is 0 Å². The van der Waals surface area contributed by atoms with E-state index >= 15 is 0 Å². The first-order valence-electron chi connectivity index (χ1n) is 5.32. The fourth-order valence-electron chi connectivity index (χ4n) is 1.60. The first-order chi connectivity index (χ1) is 6.81. The van der Waals surface area contributed by atoms with Crippen LogP contribution in [-0.2, 0) is 6.42 Å². The molecule has 0 spiro atoms. The highest BCUT2D eigenvalue weighted by molar-refractivity contribution is 5.29. The molecule has 1 unspecified atom stereocenters. The van der Waals surface area contributed by atoms with Crippen molar-refractivity contribution < 1.29 is 0 Å². The van der Waals surface area contributed by atoms with Crippen LogP contribution in [0.1, 0.15) is 43.7 Å². The van der Waals surface area contributed by atoms with Gasteiger partial charge in [0, 0.05) is 5.92 Å². The van der Waals surface area contributed by atoms with Crippen LogP contribution >= 0.6 is 0 Å². The summed E-state index contributed by atoms with van der Waals surface area (Å²) in [6.07, 6.45) is 10.5. The molecule has 0 fully saturated rings. The van der Waals surface area contributed by atoms with Gasteiger partial charge in [-0.2, -0.15) is 0 Å². The van der Waals surface area contributed by atoms with Crippen LogP contribution in [0.3, 0.4) is 0 Å². The molecule has 0 saturated heterocycles. The third-order valence-electron chi connectivity index (χ3n) is 2.54. The summed E-state index contributed by atoms with van der Waals surface area (Å²) in [5.41, 5.74) is 2.58. The highest BCUT2D eigenvalue weighted by atomic mass is 14.1. The van der Waals surface area contributed by atoms with Crippen molar-refractivity contribution in [3.8, 4) is 5.92 Å². The van der Waals surface area contributed by atoms with Gasteiger partial charge in [-0.1, -0.05) is 50.5 Å². The Hall–Kier alpha value is -1.22. The summed E-state index contributed by atoms with van der Waals surface area (Å²) in [5.74, 6) is 2.79. The molecule has 1 aromatic rings. The van der Waals surface area contributed by atoms with Gasteiger partial charge >= 0.3 is 0 Å². The molecule has 14 heavy (non-hydrogen) atoms. The predicted octanol–water partition coefficient (Wildman–Crippen LogP) is 3.72. The lowest BCUT2D eigenvalue weighted by Crippen LogP contribution is -1.95. The summed E-state index contributed by atoms with van der Waals surface area (Å²) in [5, 5.41) is 0. The Morgan fingerprint density at radius 1 is 1.21 bits per heavy atom. The molecule has 0 bridgehead atoms. The zero-order valence-electron chi connectivity index (χ0n) is 9.01. The molecule has 0 aromatic heterocycles. The first-order valence-corrected chi connectivity index (χ1v) is 5.32. The number of hydrogen-bond donors (Lipinski definition) is 0. The van der Waals surface area contributed by atoms with Crippen molar-refractivity contribution in [3.63, 3.8) is 0 Å². The Bertz CT molecular complexity index is 300. The monoisotopic (exact) mass is 185 g/mol. The fourth-order valence-corrected chi connectivity index (χ4v) is 1.60. The van der Waals surface area contributed by atoms with Crippen LogP contribution in [0.2, 0.25) is 0 Å². The zero-order valence-corrected chi connectivity index (χ0v) is 9.01. The molecule has 1 rings (SSSR count). The molecule has 0 aliphatic carbocycles. The van der Waals surface area contributed by atoms with Crippen molar-refractivity contribution >= 4 is 0 Å². The Morgan fingerprint density at radius 2 is 1.86 bits per heavy atom. The maximum absolute atomic E-state index is 7.25. The largest absolute Gasteiger partial charge is 0.0809 e. The quantitative estimate of drug-likeness (QED) is 0.627.